The Kier molecular flexibility index (Phi) is 3.44. The highest BCUT2D eigenvalue weighted by Crippen LogP contribution is 2.02. The fourth-order valence-corrected chi connectivity index (χ4v) is 1.25. The highest BCUT2D eigenvalue weighted by atomic mass is 31.0. The number of hydrogen-bond donors (Lipinski definition) is 0. The van der Waals surface area contributed by atoms with Crippen molar-refractivity contribution in [2.45, 2.75) is 12.8 Å². The summed E-state index contributed by atoms with van der Waals surface area (Å²) < 4.78 is 11.8. The van der Waals surface area contributed by atoms with Crippen molar-refractivity contribution in [2.24, 2.45) is 0 Å². The Morgan fingerprint density at radius 3 is 3.00 bits per heavy atom. The van der Waals surface area contributed by atoms with Gasteiger partial charge in [0.2, 0.25) is 0 Å². The summed E-state index contributed by atoms with van der Waals surface area (Å²) in [7, 11) is 2.60. The van der Waals surface area contributed by atoms with Crippen molar-refractivity contribution in [3.63, 3.8) is 0 Å². The van der Waals surface area contributed by atoms with Gasteiger partial charge < -0.3 is 0 Å². The van der Waals surface area contributed by atoms with E-state index in [9.17, 15) is 4.39 Å². The molecule has 1 heterocycles. The minimum absolute atomic E-state index is 0.244. The molecule has 0 aromatic carbocycles. The predicted molar refractivity (Wildman–Crippen MR) is 47.9 cm³/mol. The molecular weight excluding hydrogens is 160 g/mol. The first-order valence-corrected chi connectivity index (χ1v) is 4.16. The van der Waals surface area contributed by atoms with Crippen LogP contribution in [0.5, 0.6) is 0 Å². The van der Waals surface area contributed by atoms with Crippen molar-refractivity contribution in [2.75, 3.05) is 6.67 Å². The van der Waals surface area contributed by atoms with E-state index in [4.69, 9.17) is 0 Å². The Morgan fingerprint density at radius 1 is 1.55 bits per heavy atom. The van der Waals surface area contributed by atoms with Gasteiger partial charge in [-0.3, -0.25) is 9.37 Å². The molecule has 1 atom stereocenters. The predicted octanol–water partition coefficient (Wildman–Crippen LogP) is 1.48. The van der Waals surface area contributed by atoms with Gasteiger partial charge in [-0.2, -0.15) is 0 Å². The molecule has 0 aliphatic heterocycles. The maximum absolute atomic E-state index is 11.8. The second kappa shape index (κ2) is 4.40. The SMILES string of the molecule is FCCCc1ccncc1P. The van der Waals surface area contributed by atoms with Crippen LogP contribution in [0.2, 0.25) is 0 Å². The molecule has 1 aromatic rings. The van der Waals surface area contributed by atoms with Crippen LogP contribution in [0.15, 0.2) is 18.5 Å². The van der Waals surface area contributed by atoms with Gasteiger partial charge in [0.05, 0.1) is 6.67 Å². The molecule has 1 unspecified atom stereocenters. The first-order chi connectivity index (χ1) is 5.34. The number of hydrogen-bond acceptors (Lipinski definition) is 1. The standard InChI is InChI=1S/C8H11FNP/c9-4-1-2-7-3-5-10-6-8(7)11/h3,5-6H,1-2,4,11H2. The van der Waals surface area contributed by atoms with E-state index in [1.54, 1.807) is 12.4 Å². The average Bonchev–Trinajstić information content (AvgIpc) is 2.03. The van der Waals surface area contributed by atoms with E-state index in [0.717, 1.165) is 11.7 Å². The summed E-state index contributed by atoms with van der Waals surface area (Å²) in [4.78, 5) is 3.94. The number of halogens is 1. The smallest absolute Gasteiger partial charge is 0.0897 e. The normalized spacial score (nSPS) is 10.0. The molecular formula is C8H11FNP. The molecule has 0 aliphatic carbocycles. The quantitative estimate of drug-likeness (QED) is 0.628. The topological polar surface area (TPSA) is 12.9 Å². The zero-order valence-corrected chi connectivity index (χ0v) is 7.41. The van der Waals surface area contributed by atoms with E-state index < -0.39 is 0 Å². The Hall–Kier alpha value is -0.490. The Bertz CT molecular complexity index is 227. The molecule has 0 amide bonds. The van der Waals surface area contributed by atoms with Gasteiger partial charge in [0.15, 0.2) is 0 Å². The van der Waals surface area contributed by atoms with Crippen molar-refractivity contribution >= 4 is 14.5 Å². The molecule has 3 heteroatoms. The molecule has 11 heavy (non-hydrogen) atoms. The number of nitrogens with zero attached hydrogens (tertiary/aromatic N) is 1. The lowest BCUT2D eigenvalue weighted by atomic mass is 10.1. The number of aryl methyl sites for hydroxylation is 1. The van der Waals surface area contributed by atoms with Gasteiger partial charge in [-0.1, -0.05) is 0 Å². The molecule has 0 saturated carbocycles. The second-order valence-electron chi connectivity index (χ2n) is 2.37. The fraction of sp³-hybridized carbons (Fsp3) is 0.375. The maximum Gasteiger partial charge on any atom is 0.0897 e. The molecule has 0 bridgehead atoms. The minimum atomic E-state index is -0.244. The molecule has 0 radical (unpaired) electrons. The van der Waals surface area contributed by atoms with E-state index in [-0.39, 0.29) is 6.67 Å². The highest BCUT2D eigenvalue weighted by Gasteiger charge is 1.95. The van der Waals surface area contributed by atoms with E-state index >= 15 is 0 Å². The number of pyridine rings is 1. The van der Waals surface area contributed by atoms with Gasteiger partial charge in [0.25, 0.3) is 0 Å². The summed E-state index contributed by atoms with van der Waals surface area (Å²) in [6, 6.07) is 1.93. The zero-order chi connectivity index (χ0) is 8.10. The number of alkyl halides is 1. The largest absolute Gasteiger partial charge is 0.264 e. The summed E-state index contributed by atoms with van der Waals surface area (Å²) >= 11 is 0. The average molecular weight is 171 g/mol. The first kappa shape index (κ1) is 8.61. The Morgan fingerprint density at radius 2 is 2.36 bits per heavy atom. The van der Waals surface area contributed by atoms with Crippen LogP contribution >= 0.6 is 9.24 Å². The van der Waals surface area contributed by atoms with Crippen LogP contribution < -0.4 is 5.30 Å². The summed E-state index contributed by atoms with van der Waals surface area (Å²) in [6.07, 6.45) is 4.92. The molecule has 1 rings (SSSR count). The lowest BCUT2D eigenvalue weighted by molar-refractivity contribution is 0.473. The van der Waals surface area contributed by atoms with Crippen molar-refractivity contribution < 1.29 is 4.39 Å². The minimum Gasteiger partial charge on any atom is -0.264 e. The van der Waals surface area contributed by atoms with Crippen LogP contribution in [-0.4, -0.2) is 11.7 Å². The molecule has 0 spiro atoms. The third kappa shape index (κ3) is 2.55. The van der Waals surface area contributed by atoms with E-state index in [1.807, 2.05) is 6.07 Å². The second-order valence-corrected chi connectivity index (χ2v) is 2.99. The van der Waals surface area contributed by atoms with Crippen LogP contribution in [0, 0.1) is 0 Å². The van der Waals surface area contributed by atoms with Crippen LogP contribution in [-0.2, 0) is 6.42 Å². The summed E-state index contributed by atoms with van der Waals surface area (Å²) in [5.74, 6) is 0. The Balaban J connectivity index is 2.62. The molecule has 0 N–H and O–H groups in total. The van der Waals surface area contributed by atoms with Gasteiger partial charge in [0, 0.05) is 12.4 Å². The molecule has 0 saturated heterocycles. The van der Waals surface area contributed by atoms with Crippen LogP contribution in [0.1, 0.15) is 12.0 Å². The summed E-state index contributed by atoms with van der Waals surface area (Å²) in [6.45, 7) is -0.244. The summed E-state index contributed by atoms with van der Waals surface area (Å²) in [5, 5.41) is 1.07. The van der Waals surface area contributed by atoms with Crippen LogP contribution in [0.3, 0.4) is 0 Å². The van der Waals surface area contributed by atoms with Gasteiger partial charge in [-0.05, 0) is 29.8 Å². The van der Waals surface area contributed by atoms with Crippen molar-refractivity contribution in [3.05, 3.63) is 24.0 Å². The van der Waals surface area contributed by atoms with Gasteiger partial charge in [-0.15, -0.1) is 9.24 Å². The monoisotopic (exact) mass is 171 g/mol. The van der Waals surface area contributed by atoms with Gasteiger partial charge in [-0.25, -0.2) is 0 Å². The third-order valence-corrected chi connectivity index (χ3v) is 2.05. The van der Waals surface area contributed by atoms with Crippen LogP contribution in [0.4, 0.5) is 4.39 Å². The van der Waals surface area contributed by atoms with E-state index in [2.05, 4.69) is 14.2 Å². The van der Waals surface area contributed by atoms with Crippen LogP contribution in [0.25, 0.3) is 0 Å². The van der Waals surface area contributed by atoms with E-state index in [1.165, 1.54) is 5.56 Å². The lowest BCUT2D eigenvalue weighted by Crippen LogP contribution is -2.02. The highest BCUT2D eigenvalue weighted by molar-refractivity contribution is 7.27. The van der Waals surface area contributed by atoms with E-state index in [0.29, 0.717) is 6.42 Å². The molecule has 60 valence electrons. The first-order valence-electron chi connectivity index (χ1n) is 3.59. The number of aromatic nitrogens is 1. The Labute approximate surface area is 68.2 Å². The lowest BCUT2D eigenvalue weighted by Gasteiger charge is -2.01. The van der Waals surface area contributed by atoms with Crippen molar-refractivity contribution in [3.8, 4) is 0 Å². The summed E-state index contributed by atoms with van der Waals surface area (Å²) in [5.41, 5.74) is 1.17. The van der Waals surface area contributed by atoms with Gasteiger partial charge >= 0.3 is 0 Å². The molecule has 0 aliphatic rings. The molecule has 1 aromatic heterocycles. The van der Waals surface area contributed by atoms with Gasteiger partial charge in [0.1, 0.15) is 0 Å². The molecule has 0 fully saturated rings. The fourth-order valence-electron chi connectivity index (χ4n) is 0.920. The van der Waals surface area contributed by atoms with Crippen molar-refractivity contribution in [1.29, 1.82) is 0 Å². The maximum atomic E-state index is 11.8. The third-order valence-electron chi connectivity index (χ3n) is 1.53. The van der Waals surface area contributed by atoms with Crippen molar-refractivity contribution in [1.82, 2.24) is 4.98 Å². The zero-order valence-electron chi connectivity index (χ0n) is 6.26. The molecule has 1 nitrogen and oxygen atoms in total. The number of rotatable bonds is 3.